The molecular formula is C12H20ClN3. The smallest absolute Gasteiger partial charge is 0.0426 e. The molecule has 0 amide bonds. The van der Waals surface area contributed by atoms with Crippen LogP contribution in [0, 0.1) is 0 Å². The maximum atomic E-state index is 5.90. The Morgan fingerprint density at radius 3 is 2.44 bits per heavy atom. The Labute approximate surface area is 103 Å². The van der Waals surface area contributed by atoms with Gasteiger partial charge in [0, 0.05) is 30.3 Å². The van der Waals surface area contributed by atoms with Crippen molar-refractivity contribution in [2.75, 3.05) is 40.0 Å². The maximum absolute atomic E-state index is 5.90. The molecule has 0 spiro atoms. The highest BCUT2D eigenvalue weighted by Crippen LogP contribution is 2.18. The summed E-state index contributed by atoms with van der Waals surface area (Å²) >= 11 is 5.86. The first-order valence-electron chi connectivity index (χ1n) is 5.36. The van der Waals surface area contributed by atoms with Crippen molar-refractivity contribution in [3.05, 3.63) is 28.8 Å². The zero-order valence-electron chi connectivity index (χ0n) is 10.2. The van der Waals surface area contributed by atoms with Crippen LogP contribution in [-0.4, -0.2) is 44.0 Å². The van der Waals surface area contributed by atoms with Crippen LogP contribution >= 0.6 is 11.6 Å². The van der Waals surface area contributed by atoms with E-state index in [1.54, 1.807) is 6.07 Å². The Hall–Kier alpha value is -0.770. The van der Waals surface area contributed by atoms with Crippen molar-refractivity contribution in [2.45, 2.75) is 6.54 Å². The van der Waals surface area contributed by atoms with E-state index in [0.29, 0.717) is 5.02 Å². The fraction of sp³-hybridized carbons (Fsp3) is 0.500. The van der Waals surface area contributed by atoms with E-state index < -0.39 is 0 Å². The van der Waals surface area contributed by atoms with E-state index in [2.05, 4.69) is 30.9 Å². The predicted octanol–water partition coefficient (Wildman–Crippen LogP) is 1.92. The SMILES string of the molecule is CN(C)CCN(C)Cc1ccc(Cl)cc1N. The molecule has 0 heterocycles. The maximum Gasteiger partial charge on any atom is 0.0426 e. The summed E-state index contributed by atoms with van der Waals surface area (Å²) in [5.74, 6) is 0. The van der Waals surface area contributed by atoms with Gasteiger partial charge in [0.05, 0.1) is 0 Å². The van der Waals surface area contributed by atoms with Crippen LogP contribution in [-0.2, 0) is 6.54 Å². The molecule has 1 rings (SSSR count). The van der Waals surface area contributed by atoms with E-state index >= 15 is 0 Å². The van der Waals surface area contributed by atoms with Gasteiger partial charge in [0.2, 0.25) is 0 Å². The summed E-state index contributed by atoms with van der Waals surface area (Å²) in [5.41, 5.74) is 7.80. The van der Waals surface area contributed by atoms with Crippen molar-refractivity contribution in [3.63, 3.8) is 0 Å². The number of nitrogens with two attached hydrogens (primary N) is 1. The zero-order valence-corrected chi connectivity index (χ0v) is 11.0. The molecule has 1 aromatic rings. The first kappa shape index (κ1) is 13.3. The van der Waals surface area contributed by atoms with Gasteiger partial charge in [-0.25, -0.2) is 0 Å². The second-order valence-corrected chi connectivity index (χ2v) is 4.82. The summed E-state index contributed by atoms with van der Waals surface area (Å²) in [5, 5.41) is 0.692. The van der Waals surface area contributed by atoms with Gasteiger partial charge in [-0.15, -0.1) is 0 Å². The van der Waals surface area contributed by atoms with Crippen LogP contribution < -0.4 is 5.73 Å². The van der Waals surface area contributed by atoms with Gasteiger partial charge in [0.15, 0.2) is 0 Å². The zero-order chi connectivity index (χ0) is 12.1. The van der Waals surface area contributed by atoms with Crippen molar-refractivity contribution in [1.29, 1.82) is 0 Å². The topological polar surface area (TPSA) is 32.5 Å². The Morgan fingerprint density at radius 2 is 1.88 bits per heavy atom. The highest BCUT2D eigenvalue weighted by atomic mass is 35.5. The Bertz CT molecular complexity index is 339. The molecule has 0 aliphatic heterocycles. The van der Waals surface area contributed by atoms with Crippen molar-refractivity contribution >= 4 is 17.3 Å². The number of anilines is 1. The monoisotopic (exact) mass is 241 g/mol. The van der Waals surface area contributed by atoms with Crippen LogP contribution in [0.3, 0.4) is 0 Å². The number of nitrogens with zero attached hydrogens (tertiary/aromatic N) is 2. The van der Waals surface area contributed by atoms with E-state index in [4.69, 9.17) is 17.3 Å². The van der Waals surface area contributed by atoms with E-state index in [0.717, 1.165) is 30.9 Å². The van der Waals surface area contributed by atoms with Crippen molar-refractivity contribution < 1.29 is 0 Å². The third-order valence-electron chi connectivity index (χ3n) is 2.48. The second-order valence-electron chi connectivity index (χ2n) is 4.38. The average Bonchev–Trinajstić information content (AvgIpc) is 2.19. The number of hydrogen-bond acceptors (Lipinski definition) is 3. The molecule has 0 aliphatic carbocycles. The minimum absolute atomic E-state index is 0.692. The molecule has 16 heavy (non-hydrogen) atoms. The summed E-state index contributed by atoms with van der Waals surface area (Å²) in [6.07, 6.45) is 0. The van der Waals surface area contributed by atoms with Gasteiger partial charge in [-0.3, -0.25) is 0 Å². The molecule has 1 aromatic carbocycles. The summed E-state index contributed by atoms with van der Waals surface area (Å²) in [4.78, 5) is 4.42. The molecule has 90 valence electrons. The summed E-state index contributed by atoms with van der Waals surface area (Å²) in [6, 6.07) is 5.67. The number of halogens is 1. The molecule has 0 atom stereocenters. The van der Waals surface area contributed by atoms with E-state index in [1.807, 2.05) is 12.1 Å². The summed E-state index contributed by atoms with van der Waals surface area (Å²) in [6.45, 7) is 2.93. The number of likely N-dealkylation sites (N-methyl/N-ethyl adjacent to an activating group) is 2. The third-order valence-corrected chi connectivity index (χ3v) is 2.71. The quantitative estimate of drug-likeness (QED) is 0.800. The van der Waals surface area contributed by atoms with Gasteiger partial charge in [0.25, 0.3) is 0 Å². The van der Waals surface area contributed by atoms with Gasteiger partial charge in [-0.2, -0.15) is 0 Å². The van der Waals surface area contributed by atoms with E-state index in [-0.39, 0.29) is 0 Å². The van der Waals surface area contributed by atoms with Crippen LogP contribution in [0.2, 0.25) is 5.02 Å². The number of hydrogen-bond donors (Lipinski definition) is 1. The van der Waals surface area contributed by atoms with Crippen molar-refractivity contribution in [2.24, 2.45) is 0 Å². The van der Waals surface area contributed by atoms with Crippen LogP contribution in [0.25, 0.3) is 0 Å². The van der Waals surface area contributed by atoms with E-state index in [9.17, 15) is 0 Å². The molecular weight excluding hydrogens is 222 g/mol. The minimum atomic E-state index is 0.692. The molecule has 0 unspecified atom stereocenters. The van der Waals surface area contributed by atoms with Crippen LogP contribution in [0.4, 0.5) is 5.69 Å². The predicted molar refractivity (Wildman–Crippen MR) is 70.8 cm³/mol. The molecule has 0 bridgehead atoms. The first-order valence-corrected chi connectivity index (χ1v) is 5.74. The Kier molecular flexibility index (Phi) is 5.06. The van der Waals surface area contributed by atoms with Crippen LogP contribution in [0.15, 0.2) is 18.2 Å². The second kappa shape index (κ2) is 6.09. The van der Waals surface area contributed by atoms with Gasteiger partial charge in [0.1, 0.15) is 0 Å². The van der Waals surface area contributed by atoms with Gasteiger partial charge < -0.3 is 15.5 Å². The Morgan fingerprint density at radius 1 is 1.19 bits per heavy atom. The standard InChI is InChI=1S/C12H20ClN3/c1-15(2)6-7-16(3)9-10-4-5-11(13)8-12(10)14/h4-5,8H,6-7,9,14H2,1-3H3. The fourth-order valence-electron chi connectivity index (χ4n) is 1.45. The lowest BCUT2D eigenvalue weighted by Gasteiger charge is -2.20. The highest BCUT2D eigenvalue weighted by molar-refractivity contribution is 6.30. The number of benzene rings is 1. The Balaban J connectivity index is 2.52. The lowest BCUT2D eigenvalue weighted by atomic mass is 10.1. The van der Waals surface area contributed by atoms with Gasteiger partial charge in [-0.05, 0) is 38.8 Å². The fourth-order valence-corrected chi connectivity index (χ4v) is 1.63. The lowest BCUT2D eigenvalue weighted by Crippen LogP contribution is -2.28. The normalized spacial score (nSPS) is 11.4. The van der Waals surface area contributed by atoms with E-state index in [1.165, 1.54) is 0 Å². The molecule has 3 nitrogen and oxygen atoms in total. The molecule has 0 saturated carbocycles. The van der Waals surface area contributed by atoms with Gasteiger partial charge >= 0.3 is 0 Å². The molecule has 0 aromatic heterocycles. The van der Waals surface area contributed by atoms with Gasteiger partial charge in [-0.1, -0.05) is 17.7 Å². The highest BCUT2D eigenvalue weighted by Gasteiger charge is 2.04. The number of nitrogen functional groups attached to an aromatic ring is 1. The molecule has 0 aliphatic rings. The first-order chi connectivity index (χ1) is 7.49. The lowest BCUT2D eigenvalue weighted by molar-refractivity contribution is 0.276. The molecule has 2 N–H and O–H groups in total. The third kappa shape index (κ3) is 4.39. The molecule has 0 saturated heterocycles. The molecule has 4 heteroatoms. The summed E-state index contributed by atoms with van der Waals surface area (Å²) < 4.78 is 0. The molecule has 0 fully saturated rings. The van der Waals surface area contributed by atoms with Crippen molar-refractivity contribution in [1.82, 2.24) is 9.80 Å². The minimum Gasteiger partial charge on any atom is -0.398 e. The number of rotatable bonds is 5. The largest absolute Gasteiger partial charge is 0.398 e. The van der Waals surface area contributed by atoms with Crippen LogP contribution in [0.5, 0.6) is 0 Å². The summed E-state index contributed by atoms with van der Waals surface area (Å²) in [7, 11) is 6.24. The average molecular weight is 242 g/mol. The van der Waals surface area contributed by atoms with Crippen molar-refractivity contribution in [3.8, 4) is 0 Å². The van der Waals surface area contributed by atoms with Crippen LogP contribution in [0.1, 0.15) is 5.56 Å². The molecule has 0 radical (unpaired) electrons.